The first-order valence-corrected chi connectivity index (χ1v) is 3.27. The van der Waals surface area contributed by atoms with E-state index in [1.807, 2.05) is 0 Å². The Bertz CT molecular complexity index is 188. The Balaban J connectivity index is 4.61. The van der Waals surface area contributed by atoms with Crippen LogP contribution in [0.3, 0.4) is 0 Å². The topological polar surface area (TPSA) is 38.4 Å². The predicted molar refractivity (Wildman–Crippen MR) is 46.0 cm³/mol. The fourth-order valence-electron chi connectivity index (χ4n) is 0.515. The molecule has 0 spiro atoms. The SMILES string of the molecule is C=C(Cl)/C(N=CC)=C(/C)N. The fraction of sp³-hybridized carbons (Fsp3) is 0.286. The molecule has 0 radical (unpaired) electrons. The maximum absolute atomic E-state index is 5.57. The van der Waals surface area contributed by atoms with E-state index in [1.165, 1.54) is 0 Å². The van der Waals surface area contributed by atoms with Crippen LogP contribution in [0.15, 0.2) is 28.0 Å². The van der Waals surface area contributed by atoms with Gasteiger partial charge in [0.2, 0.25) is 0 Å². The van der Waals surface area contributed by atoms with Gasteiger partial charge in [-0.2, -0.15) is 0 Å². The zero-order valence-electron chi connectivity index (χ0n) is 6.19. The number of aliphatic imine (C=N–C) groups is 1. The molecule has 0 aromatic carbocycles. The maximum atomic E-state index is 5.57. The Morgan fingerprint density at radius 3 is 2.30 bits per heavy atom. The van der Waals surface area contributed by atoms with Crippen LogP contribution in [0.1, 0.15) is 13.8 Å². The Kier molecular flexibility index (Phi) is 3.81. The second-order valence-electron chi connectivity index (χ2n) is 1.82. The second-order valence-corrected chi connectivity index (χ2v) is 2.28. The van der Waals surface area contributed by atoms with Gasteiger partial charge in [0.25, 0.3) is 0 Å². The molecule has 0 heterocycles. The molecular formula is C7H11ClN2. The highest BCUT2D eigenvalue weighted by Gasteiger charge is 1.97. The number of hydrogen-bond acceptors (Lipinski definition) is 2. The van der Waals surface area contributed by atoms with E-state index in [0.29, 0.717) is 16.4 Å². The minimum Gasteiger partial charge on any atom is -0.400 e. The molecule has 2 N–H and O–H groups in total. The molecule has 3 heteroatoms. The van der Waals surface area contributed by atoms with Crippen LogP contribution in [0.4, 0.5) is 0 Å². The zero-order chi connectivity index (χ0) is 8.15. The zero-order valence-corrected chi connectivity index (χ0v) is 6.94. The molecule has 0 aliphatic heterocycles. The van der Waals surface area contributed by atoms with Crippen LogP contribution < -0.4 is 5.73 Å². The van der Waals surface area contributed by atoms with E-state index in [9.17, 15) is 0 Å². The van der Waals surface area contributed by atoms with Gasteiger partial charge in [0.15, 0.2) is 0 Å². The summed E-state index contributed by atoms with van der Waals surface area (Å²) in [5.41, 5.74) is 6.59. The van der Waals surface area contributed by atoms with Crippen LogP contribution >= 0.6 is 11.6 Å². The van der Waals surface area contributed by atoms with Crippen molar-refractivity contribution in [2.45, 2.75) is 13.8 Å². The number of hydrogen-bond donors (Lipinski definition) is 1. The van der Waals surface area contributed by atoms with E-state index < -0.39 is 0 Å². The van der Waals surface area contributed by atoms with Crippen LogP contribution in [-0.4, -0.2) is 6.21 Å². The predicted octanol–water partition coefficient (Wildman–Crippen LogP) is 2.02. The van der Waals surface area contributed by atoms with Crippen molar-refractivity contribution in [1.29, 1.82) is 0 Å². The standard InChI is InChI=1S/C7H11ClN2/c1-4-10-7(5(2)8)6(3)9/h4H,2,9H2,1,3H3/b7-6+,10-4?. The van der Waals surface area contributed by atoms with E-state index in [2.05, 4.69) is 11.6 Å². The molecule has 2 nitrogen and oxygen atoms in total. The monoisotopic (exact) mass is 158 g/mol. The largest absolute Gasteiger partial charge is 0.400 e. The number of nitrogens with two attached hydrogens (primary N) is 1. The Labute approximate surface area is 66.1 Å². The number of nitrogens with zero attached hydrogens (tertiary/aromatic N) is 1. The van der Waals surface area contributed by atoms with Crippen molar-refractivity contribution < 1.29 is 0 Å². The average Bonchev–Trinajstić information content (AvgIpc) is 1.81. The molecular weight excluding hydrogens is 148 g/mol. The van der Waals surface area contributed by atoms with Crippen LogP contribution in [-0.2, 0) is 0 Å². The smallest absolute Gasteiger partial charge is 0.0989 e. The van der Waals surface area contributed by atoms with E-state index >= 15 is 0 Å². The van der Waals surface area contributed by atoms with Gasteiger partial charge in [-0.05, 0) is 13.8 Å². The highest BCUT2D eigenvalue weighted by atomic mass is 35.5. The molecule has 0 atom stereocenters. The summed E-state index contributed by atoms with van der Waals surface area (Å²) in [7, 11) is 0. The van der Waals surface area contributed by atoms with Gasteiger partial charge in [0.05, 0.1) is 10.7 Å². The Hall–Kier alpha value is -0.760. The van der Waals surface area contributed by atoms with Crippen LogP contribution in [0.25, 0.3) is 0 Å². The summed E-state index contributed by atoms with van der Waals surface area (Å²) in [6, 6.07) is 0. The minimum atomic E-state index is 0.373. The molecule has 0 aromatic rings. The van der Waals surface area contributed by atoms with Crippen molar-refractivity contribution in [3.63, 3.8) is 0 Å². The van der Waals surface area contributed by atoms with Gasteiger partial charge < -0.3 is 5.73 Å². The van der Waals surface area contributed by atoms with Crippen molar-refractivity contribution in [3.05, 3.63) is 23.0 Å². The Morgan fingerprint density at radius 2 is 2.20 bits per heavy atom. The molecule has 0 saturated carbocycles. The molecule has 0 rings (SSSR count). The molecule has 0 bridgehead atoms. The highest BCUT2D eigenvalue weighted by Crippen LogP contribution is 2.14. The molecule has 0 amide bonds. The lowest BCUT2D eigenvalue weighted by molar-refractivity contribution is 1.20. The average molecular weight is 159 g/mol. The first-order chi connectivity index (χ1) is 4.59. The van der Waals surface area contributed by atoms with Crippen LogP contribution in [0.2, 0.25) is 0 Å². The van der Waals surface area contributed by atoms with Crippen LogP contribution in [0, 0.1) is 0 Å². The molecule has 56 valence electrons. The Morgan fingerprint density at radius 1 is 1.70 bits per heavy atom. The summed E-state index contributed by atoms with van der Waals surface area (Å²) in [4.78, 5) is 3.92. The van der Waals surface area contributed by atoms with Gasteiger partial charge in [-0.3, -0.25) is 4.99 Å². The van der Waals surface area contributed by atoms with Crippen molar-refractivity contribution >= 4 is 17.8 Å². The third-order valence-corrected chi connectivity index (χ3v) is 1.07. The van der Waals surface area contributed by atoms with Crippen molar-refractivity contribution in [1.82, 2.24) is 0 Å². The van der Waals surface area contributed by atoms with Gasteiger partial charge in [-0.15, -0.1) is 0 Å². The molecule has 10 heavy (non-hydrogen) atoms. The first-order valence-electron chi connectivity index (χ1n) is 2.89. The first kappa shape index (κ1) is 9.24. The molecule has 0 aromatic heterocycles. The normalized spacial score (nSPS) is 13.5. The lowest BCUT2D eigenvalue weighted by Gasteiger charge is -1.98. The summed E-state index contributed by atoms with van der Waals surface area (Å²) in [5.74, 6) is 0. The molecule has 0 fully saturated rings. The van der Waals surface area contributed by atoms with Gasteiger partial charge in [-0.25, -0.2) is 0 Å². The van der Waals surface area contributed by atoms with Gasteiger partial charge in [0.1, 0.15) is 0 Å². The molecule has 0 aliphatic carbocycles. The number of halogens is 1. The second kappa shape index (κ2) is 4.12. The van der Waals surface area contributed by atoms with E-state index in [-0.39, 0.29) is 0 Å². The lowest BCUT2D eigenvalue weighted by Crippen LogP contribution is -1.96. The van der Waals surface area contributed by atoms with E-state index in [1.54, 1.807) is 20.1 Å². The van der Waals surface area contributed by atoms with Gasteiger partial charge >= 0.3 is 0 Å². The minimum absolute atomic E-state index is 0.373. The summed E-state index contributed by atoms with van der Waals surface area (Å²) < 4.78 is 0. The molecule has 0 saturated heterocycles. The third kappa shape index (κ3) is 2.69. The van der Waals surface area contributed by atoms with Crippen molar-refractivity contribution in [2.75, 3.05) is 0 Å². The third-order valence-electron chi connectivity index (χ3n) is 0.889. The summed E-state index contributed by atoms with van der Waals surface area (Å²) in [5, 5.41) is 0.373. The van der Waals surface area contributed by atoms with Gasteiger partial charge in [0, 0.05) is 11.9 Å². The maximum Gasteiger partial charge on any atom is 0.0989 e. The summed E-state index contributed by atoms with van der Waals surface area (Å²) in [6.07, 6.45) is 1.62. The molecule has 0 aliphatic rings. The molecule has 0 unspecified atom stereocenters. The van der Waals surface area contributed by atoms with Crippen molar-refractivity contribution in [3.8, 4) is 0 Å². The van der Waals surface area contributed by atoms with Crippen molar-refractivity contribution in [2.24, 2.45) is 10.7 Å². The van der Waals surface area contributed by atoms with Crippen LogP contribution in [0.5, 0.6) is 0 Å². The van der Waals surface area contributed by atoms with E-state index in [4.69, 9.17) is 17.3 Å². The van der Waals surface area contributed by atoms with Gasteiger partial charge in [-0.1, -0.05) is 18.2 Å². The lowest BCUT2D eigenvalue weighted by atomic mass is 10.3. The quantitative estimate of drug-likeness (QED) is 0.485. The van der Waals surface area contributed by atoms with E-state index in [0.717, 1.165) is 0 Å². The number of allylic oxidation sites excluding steroid dienone is 2. The summed E-state index contributed by atoms with van der Waals surface area (Å²) >= 11 is 5.57. The fourth-order valence-corrected chi connectivity index (χ4v) is 0.713. The number of rotatable bonds is 2. The highest BCUT2D eigenvalue weighted by molar-refractivity contribution is 6.31. The summed E-state index contributed by atoms with van der Waals surface area (Å²) in [6.45, 7) is 7.04.